The van der Waals surface area contributed by atoms with Gasteiger partial charge in [0.1, 0.15) is 41.5 Å². The van der Waals surface area contributed by atoms with Gasteiger partial charge in [0.05, 0.1) is 10.9 Å². The summed E-state index contributed by atoms with van der Waals surface area (Å²) in [5.41, 5.74) is -0.482. The first kappa shape index (κ1) is 28.0. The fraction of sp³-hybridized carbons (Fsp3) is 0.406. The lowest BCUT2D eigenvalue weighted by Gasteiger charge is -2.34. The predicted octanol–water partition coefficient (Wildman–Crippen LogP) is 5.48. The van der Waals surface area contributed by atoms with Crippen LogP contribution in [-0.2, 0) is 0 Å². The summed E-state index contributed by atoms with van der Waals surface area (Å²) in [6.07, 6.45) is 8.92. The maximum atomic E-state index is 16.7. The fourth-order valence-corrected chi connectivity index (χ4v) is 7.55. The first-order valence-corrected chi connectivity index (χ1v) is 15.4. The van der Waals surface area contributed by atoms with Gasteiger partial charge in [-0.3, -0.25) is 15.0 Å². The number of hydrogen-bond acceptors (Lipinski definition) is 9. The number of benzene rings is 2. The van der Waals surface area contributed by atoms with Crippen LogP contribution >= 0.6 is 0 Å². The monoisotopic (exact) mass is 616 g/mol. The third-order valence-electron chi connectivity index (χ3n) is 9.71. The van der Waals surface area contributed by atoms with Crippen LogP contribution < -0.4 is 9.64 Å². The first-order chi connectivity index (χ1) is 21.9. The van der Waals surface area contributed by atoms with E-state index < -0.39 is 17.5 Å². The molecule has 0 radical (unpaired) electrons. The van der Waals surface area contributed by atoms with Gasteiger partial charge in [0, 0.05) is 36.2 Å². The summed E-state index contributed by atoms with van der Waals surface area (Å²) in [4.78, 5) is 22.6. The SMILES string of the molecule is Oc1cc(-c2ncc3c(N4CCCC(c5ncn[nH]5)C4)nc(OCC45CCCN4CCC5)nc3c2F)c2c(F)c(F)ccc2c1. The molecule has 3 aliphatic rings. The van der Waals surface area contributed by atoms with Gasteiger partial charge in [-0.15, -0.1) is 0 Å². The molecule has 1 unspecified atom stereocenters. The van der Waals surface area contributed by atoms with E-state index >= 15 is 8.78 Å². The number of aromatic nitrogens is 6. The van der Waals surface area contributed by atoms with Crippen LogP contribution in [0, 0.1) is 17.5 Å². The van der Waals surface area contributed by atoms with Crippen molar-refractivity contribution in [1.82, 2.24) is 35.0 Å². The predicted molar refractivity (Wildman–Crippen MR) is 161 cm³/mol. The molecule has 2 N–H and O–H groups in total. The number of phenols is 1. The highest BCUT2D eigenvalue weighted by molar-refractivity contribution is 6.00. The molecule has 45 heavy (non-hydrogen) atoms. The minimum Gasteiger partial charge on any atom is -0.508 e. The second-order valence-corrected chi connectivity index (χ2v) is 12.3. The Kier molecular flexibility index (Phi) is 6.73. The summed E-state index contributed by atoms with van der Waals surface area (Å²) in [6, 6.07) is 4.82. The van der Waals surface area contributed by atoms with Crippen LogP contribution in [0.15, 0.2) is 36.8 Å². The number of anilines is 1. The number of ether oxygens (including phenoxy) is 1. The van der Waals surface area contributed by atoms with Gasteiger partial charge in [0.15, 0.2) is 17.5 Å². The Morgan fingerprint density at radius 1 is 1.00 bits per heavy atom. The summed E-state index contributed by atoms with van der Waals surface area (Å²) in [5.74, 6) is -2.01. The maximum absolute atomic E-state index is 16.7. The van der Waals surface area contributed by atoms with Gasteiger partial charge in [-0.2, -0.15) is 15.1 Å². The van der Waals surface area contributed by atoms with Crippen LogP contribution in [-0.4, -0.2) is 78.5 Å². The third-order valence-corrected chi connectivity index (χ3v) is 9.71. The molecule has 1 atom stereocenters. The van der Waals surface area contributed by atoms with Gasteiger partial charge in [-0.05, 0) is 75.2 Å². The van der Waals surface area contributed by atoms with Crippen molar-refractivity contribution in [3.05, 3.63) is 60.1 Å². The van der Waals surface area contributed by atoms with Crippen LogP contribution in [0.3, 0.4) is 0 Å². The second-order valence-electron chi connectivity index (χ2n) is 12.3. The zero-order chi connectivity index (χ0) is 30.7. The molecular weight excluding hydrogens is 585 g/mol. The molecule has 232 valence electrons. The smallest absolute Gasteiger partial charge is 0.319 e. The van der Waals surface area contributed by atoms with Crippen molar-refractivity contribution >= 4 is 27.5 Å². The molecule has 6 heterocycles. The summed E-state index contributed by atoms with van der Waals surface area (Å²) >= 11 is 0. The molecule has 3 fully saturated rings. The Balaban J connectivity index is 1.26. The van der Waals surface area contributed by atoms with Crippen LogP contribution in [0.1, 0.15) is 50.3 Å². The number of fused-ring (bicyclic) bond motifs is 3. The van der Waals surface area contributed by atoms with E-state index in [2.05, 4.69) is 34.9 Å². The number of aromatic amines is 1. The van der Waals surface area contributed by atoms with Crippen molar-refractivity contribution in [2.24, 2.45) is 0 Å². The van der Waals surface area contributed by atoms with Crippen molar-refractivity contribution < 1.29 is 23.0 Å². The molecule has 0 bridgehead atoms. The zero-order valence-electron chi connectivity index (χ0n) is 24.4. The Bertz CT molecular complexity index is 1910. The lowest BCUT2D eigenvalue weighted by molar-refractivity contribution is 0.108. The number of halogens is 3. The number of phenolic OH excluding ortho intramolecular Hbond substituents is 1. The van der Waals surface area contributed by atoms with E-state index in [4.69, 9.17) is 9.72 Å². The van der Waals surface area contributed by atoms with Crippen LogP contribution in [0.5, 0.6) is 11.8 Å². The molecule has 3 aromatic heterocycles. The molecule has 8 rings (SSSR count). The van der Waals surface area contributed by atoms with Gasteiger partial charge in [0.25, 0.3) is 0 Å². The summed E-state index contributed by atoms with van der Waals surface area (Å²) < 4.78 is 52.4. The van der Waals surface area contributed by atoms with Crippen molar-refractivity contribution in [2.75, 3.05) is 37.7 Å². The zero-order valence-corrected chi connectivity index (χ0v) is 24.4. The Morgan fingerprint density at radius 2 is 1.84 bits per heavy atom. The minimum atomic E-state index is -1.15. The number of aromatic hydroxyl groups is 1. The lowest BCUT2D eigenvalue weighted by atomic mass is 9.95. The van der Waals surface area contributed by atoms with Crippen LogP contribution in [0.4, 0.5) is 19.0 Å². The summed E-state index contributed by atoms with van der Waals surface area (Å²) in [7, 11) is 0. The van der Waals surface area contributed by atoms with Gasteiger partial charge in [-0.25, -0.2) is 18.2 Å². The van der Waals surface area contributed by atoms with E-state index in [1.54, 1.807) is 0 Å². The number of nitrogens with one attached hydrogen (secondary N) is 1. The molecular formula is C32H31F3N8O2. The number of piperidine rings is 1. The highest BCUT2D eigenvalue weighted by atomic mass is 19.2. The molecule has 3 saturated heterocycles. The topological polar surface area (TPSA) is 116 Å². The number of rotatable bonds is 6. The van der Waals surface area contributed by atoms with E-state index in [-0.39, 0.29) is 50.8 Å². The standard InChI is InChI=1S/C32H31F3N8O2/c33-23-6-5-18-12-20(44)13-21(24(18)25(23)34)27-26(35)28-22(14-36-27)30(42-9-1-4-19(15-42)29-37-17-38-41-29)40-31(39-28)45-16-32-7-2-10-43(32)11-3-8-32/h5-6,12-14,17,19,44H,1-4,7-11,15-16H2,(H,37,38,41). The third kappa shape index (κ3) is 4.71. The van der Waals surface area contributed by atoms with E-state index in [1.165, 1.54) is 30.7 Å². The highest BCUT2D eigenvalue weighted by Gasteiger charge is 2.45. The largest absolute Gasteiger partial charge is 0.508 e. The molecule has 0 aliphatic carbocycles. The average Bonchev–Trinajstić information content (AvgIpc) is 3.80. The fourth-order valence-electron chi connectivity index (χ4n) is 7.55. The second kappa shape index (κ2) is 10.8. The Hall–Kier alpha value is -4.52. The number of H-pyrrole nitrogens is 1. The Labute approximate surface area is 256 Å². The quantitative estimate of drug-likeness (QED) is 0.256. The maximum Gasteiger partial charge on any atom is 0.319 e. The van der Waals surface area contributed by atoms with Gasteiger partial charge < -0.3 is 14.7 Å². The molecule has 0 saturated carbocycles. The average molecular weight is 617 g/mol. The lowest BCUT2D eigenvalue weighted by Crippen LogP contribution is -2.43. The summed E-state index contributed by atoms with van der Waals surface area (Å²) in [5, 5.41) is 17.8. The van der Waals surface area contributed by atoms with Crippen LogP contribution in [0.25, 0.3) is 32.9 Å². The minimum absolute atomic E-state index is 0.0430. The van der Waals surface area contributed by atoms with E-state index in [1.807, 2.05) is 0 Å². The molecule has 3 aliphatic heterocycles. The van der Waals surface area contributed by atoms with Gasteiger partial charge >= 0.3 is 6.01 Å². The highest BCUT2D eigenvalue weighted by Crippen LogP contribution is 2.41. The number of nitrogens with zero attached hydrogens (tertiary/aromatic N) is 7. The van der Waals surface area contributed by atoms with Crippen molar-refractivity contribution in [1.29, 1.82) is 0 Å². The van der Waals surface area contributed by atoms with Crippen molar-refractivity contribution in [2.45, 2.75) is 50.0 Å². The van der Waals surface area contributed by atoms with Crippen molar-refractivity contribution in [3.63, 3.8) is 0 Å². The van der Waals surface area contributed by atoms with Crippen LogP contribution in [0.2, 0.25) is 0 Å². The van der Waals surface area contributed by atoms with E-state index in [9.17, 15) is 9.50 Å². The molecule has 0 spiro atoms. The normalized spacial score (nSPS) is 19.9. The van der Waals surface area contributed by atoms with Gasteiger partial charge in [-0.1, -0.05) is 6.07 Å². The van der Waals surface area contributed by atoms with Crippen molar-refractivity contribution in [3.8, 4) is 23.0 Å². The Morgan fingerprint density at radius 3 is 2.64 bits per heavy atom. The molecule has 10 nitrogen and oxygen atoms in total. The molecule has 13 heteroatoms. The molecule has 2 aromatic carbocycles. The number of pyridine rings is 1. The summed E-state index contributed by atoms with van der Waals surface area (Å²) in [6.45, 7) is 3.67. The van der Waals surface area contributed by atoms with E-state index in [0.29, 0.717) is 30.9 Å². The van der Waals surface area contributed by atoms with Gasteiger partial charge in [0.2, 0.25) is 0 Å². The number of hydrogen-bond donors (Lipinski definition) is 2. The molecule has 5 aromatic rings. The van der Waals surface area contributed by atoms with E-state index in [0.717, 1.165) is 63.5 Å². The molecule has 0 amide bonds. The first-order valence-electron chi connectivity index (χ1n) is 15.4.